The Hall–Kier alpha value is -1.44. The molecule has 0 fully saturated rings. The Balaban J connectivity index is 2.30. The van der Waals surface area contributed by atoms with Gasteiger partial charge in [-0.1, -0.05) is 23.5 Å². The van der Waals surface area contributed by atoms with Crippen LogP contribution in [0.3, 0.4) is 0 Å². The predicted molar refractivity (Wildman–Crippen MR) is 97.8 cm³/mol. The zero-order chi connectivity index (χ0) is 18.0. The van der Waals surface area contributed by atoms with Crippen molar-refractivity contribution in [1.82, 2.24) is 15.6 Å². The maximum absolute atomic E-state index is 12.0. The van der Waals surface area contributed by atoms with E-state index >= 15 is 0 Å². The van der Waals surface area contributed by atoms with Crippen LogP contribution in [0.1, 0.15) is 50.2 Å². The summed E-state index contributed by atoms with van der Waals surface area (Å²) in [6.45, 7) is 9.29. The van der Waals surface area contributed by atoms with Crippen molar-refractivity contribution in [3.63, 3.8) is 0 Å². The predicted octanol–water partition coefficient (Wildman–Crippen LogP) is 2.36. The first-order valence-electron chi connectivity index (χ1n) is 8.23. The average Bonchev–Trinajstić information content (AvgIpc) is 2.99. The van der Waals surface area contributed by atoms with Crippen molar-refractivity contribution in [2.45, 2.75) is 52.2 Å². The van der Waals surface area contributed by atoms with Gasteiger partial charge in [0.05, 0.1) is 6.20 Å². The van der Waals surface area contributed by atoms with E-state index in [1.54, 1.807) is 0 Å². The summed E-state index contributed by atoms with van der Waals surface area (Å²) in [6.07, 6.45) is 6.81. The van der Waals surface area contributed by atoms with Crippen molar-refractivity contribution < 1.29 is 14.6 Å². The molecule has 1 atom stereocenters. The van der Waals surface area contributed by atoms with Crippen LogP contribution in [-0.2, 0) is 0 Å². The lowest BCUT2D eigenvalue weighted by Crippen LogP contribution is -2.42. The third-order valence-electron chi connectivity index (χ3n) is 3.04. The highest BCUT2D eigenvalue weighted by atomic mass is 32.1. The first kappa shape index (κ1) is 20.6. The Morgan fingerprint density at radius 1 is 1.50 bits per heavy atom. The molecule has 0 saturated heterocycles. The number of amides is 1. The fourth-order valence-electron chi connectivity index (χ4n) is 1.76. The van der Waals surface area contributed by atoms with E-state index in [1.807, 2.05) is 33.8 Å². The molecule has 1 aromatic heterocycles. The Labute approximate surface area is 148 Å². The monoisotopic (exact) mass is 355 g/mol. The fourth-order valence-corrected chi connectivity index (χ4v) is 2.45. The van der Waals surface area contributed by atoms with E-state index in [-0.39, 0.29) is 18.1 Å². The van der Waals surface area contributed by atoms with Gasteiger partial charge in [0.2, 0.25) is 0 Å². The molecule has 0 aromatic carbocycles. The standard InChI is InChI=1S/C17H29N3O3S/c1-5-6-7-8-9-18-15(22)14-11-19-16(24-14)23-12-13(21)10-20-17(2,3)4/h5-6,11,13,20-21H,7-10,12H2,1-4H3,(H,18,22)/b6-5-. The second-order valence-corrected chi connectivity index (χ2v) is 7.55. The molecular formula is C17H29N3O3S. The largest absolute Gasteiger partial charge is 0.467 e. The van der Waals surface area contributed by atoms with Gasteiger partial charge in [-0.05, 0) is 40.5 Å². The molecule has 0 bridgehead atoms. The van der Waals surface area contributed by atoms with E-state index in [1.165, 1.54) is 17.5 Å². The number of carbonyl (C=O) groups is 1. The van der Waals surface area contributed by atoms with Crippen molar-refractivity contribution >= 4 is 17.2 Å². The number of ether oxygens (including phenoxy) is 1. The Kier molecular flexibility index (Phi) is 8.95. The zero-order valence-electron chi connectivity index (χ0n) is 15.0. The SMILES string of the molecule is C/C=C\CCCNC(=O)c1cnc(OCC(O)CNC(C)(C)C)s1. The summed E-state index contributed by atoms with van der Waals surface area (Å²) < 4.78 is 5.45. The van der Waals surface area contributed by atoms with Gasteiger partial charge in [0.1, 0.15) is 17.6 Å². The smallest absolute Gasteiger partial charge is 0.273 e. The molecule has 0 saturated carbocycles. The summed E-state index contributed by atoms with van der Waals surface area (Å²) in [6, 6.07) is 0. The fraction of sp³-hybridized carbons (Fsp3) is 0.647. The molecule has 24 heavy (non-hydrogen) atoms. The molecule has 0 aliphatic carbocycles. The van der Waals surface area contributed by atoms with Crippen LogP contribution in [0.2, 0.25) is 0 Å². The van der Waals surface area contributed by atoms with Gasteiger partial charge in [0, 0.05) is 18.6 Å². The highest BCUT2D eigenvalue weighted by Gasteiger charge is 2.14. The molecule has 0 aliphatic heterocycles. The number of nitrogens with one attached hydrogen (secondary N) is 2. The van der Waals surface area contributed by atoms with E-state index in [9.17, 15) is 9.90 Å². The first-order valence-corrected chi connectivity index (χ1v) is 9.04. The number of allylic oxidation sites excluding steroid dienone is 2. The molecule has 3 N–H and O–H groups in total. The number of hydrogen-bond donors (Lipinski definition) is 3. The van der Waals surface area contributed by atoms with Crippen molar-refractivity contribution in [3.8, 4) is 5.19 Å². The average molecular weight is 356 g/mol. The Morgan fingerprint density at radius 3 is 2.92 bits per heavy atom. The van der Waals surface area contributed by atoms with Gasteiger partial charge in [-0.15, -0.1) is 0 Å². The third-order valence-corrected chi connectivity index (χ3v) is 3.95. The minimum Gasteiger partial charge on any atom is -0.467 e. The lowest BCUT2D eigenvalue weighted by molar-refractivity contribution is 0.0957. The molecule has 7 heteroatoms. The molecule has 1 rings (SSSR count). The second-order valence-electron chi connectivity index (χ2n) is 6.55. The maximum Gasteiger partial charge on any atom is 0.273 e. The van der Waals surface area contributed by atoms with E-state index in [0.29, 0.717) is 23.2 Å². The molecule has 0 aliphatic rings. The van der Waals surface area contributed by atoms with Crippen molar-refractivity contribution in [3.05, 3.63) is 23.2 Å². The number of hydrogen-bond acceptors (Lipinski definition) is 6. The molecule has 0 spiro atoms. The van der Waals surface area contributed by atoms with E-state index in [4.69, 9.17) is 4.74 Å². The minimum absolute atomic E-state index is 0.0552. The molecular weight excluding hydrogens is 326 g/mol. The highest BCUT2D eigenvalue weighted by Crippen LogP contribution is 2.20. The Morgan fingerprint density at radius 2 is 2.25 bits per heavy atom. The third kappa shape index (κ3) is 9.00. The zero-order valence-corrected chi connectivity index (χ0v) is 15.8. The number of β-amino-alcohol motifs (C(OH)–C–C–N with tert-alkyl or cyclic N) is 1. The summed E-state index contributed by atoms with van der Waals surface area (Å²) in [5.41, 5.74) is -0.0552. The van der Waals surface area contributed by atoms with Gasteiger partial charge in [-0.3, -0.25) is 4.79 Å². The van der Waals surface area contributed by atoms with Crippen LogP contribution in [0, 0.1) is 0 Å². The summed E-state index contributed by atoms with van der Waals surface area (Å²) in [7, 11) is 0. The summed E-state index contributed by atoms with van der Waals surface area (Å²) in [4.78, 5) is 16.5. The van der Waals surface area contributed by atoms with Gasteiger partial charge >= 0.3 is 0 Å². The Bertz CT molecular complexity index is 523. The molecule has 1 aromatic rings. The minimum atomic E-state index is -0.628. The number of thiazole rings is 1. The molecule has 0 radical (unpaired) electrons. The van der Waals surface area contributed by atoms with E-state index in [0.717, 1.165) is 12.8 Å². The van der Waals surface area contributed by atoms with Crippen molar-refractivity contribution in [2.75, 3.05) is 19.7 Å². The second kappa shape index (κ2) is 10.4. The highest BCUT2D eigenvalue weighted by molar-refractivity contribution is 7.15. The van der Waals surface area contributed by atoms with Gasteiger partial charge in [0.15, 0.2) is 0 Å². The lowest BCUT2D eigenvalue weighted by Gasteiger charge is -2.22. The topological polar surface area (TPSA) is 83.5 Å². The van der Waals surface area contributed by atoms with Gasteiger partial charge in [-0.25, -0.2) is 4.98 Å². The van der Waals surface area contributed by atoms with Crippen LogP contribution in [0.4, 0.5) is 0 Å². The summed E-state index contributed by atoms with van der Waals surface area (Å²) >= 11 is 1.18. The van der Waals surface area contributed by atoms with Crippen molar-refractivity contribution in [2.24, 2.45) is 0 Å². The van der Waals surface area contributed by atoms with Crippen LogP contribution >= 0.6 is 11.3 Å². The number of unbranched alkanes of at least 4 members (excludes halogenated alkanes) is 1. The van der Waals surface area contributed by atoms with Crippen molar-refractivity contribution in [1.29, 1.82) is 0 Å². The van der Waals surface area contributed by atoms with Crippen LogP contribution in [0.25, 0.3) is 0 Å². The first-order chi connectivity index (χ1) is 11.3. The van der Waals surface area contributed by atoms with Crippen LogP contribution in [0.15, 0.2) is 18.3 Å². The van der Waals surface area contributed by atoms with Gasteiger partial charge in [-0.2, -0.15) is 0 Å². The quantitative estimate of drug-likeness (QED) is 0.443. The number of aliphatic hydroxyl groups excluding tert-OH is 1. The summed E-state index contributed by atoms with van der Waals surface area (Å²) in [5, 5.41) is 16.3. The molecule has 1 amide bonds. The number of carbonyl (C=O) groups excluding carboxylic acids is 1. The van der Waals surface area contributed by atoms with Crippen LogP contribution in [0.5, 0.6) is 5.19 Å². The van der Waals surface area contributed by atoms with E-state index < -0.39 is 6.10 Å². The number of rotatable bonds is 10. The molecule has 6 nitrogen and oxygen atoms in total. The summed E-state index contributed by atoms with van der Waals surface area (Å²) in [5.74, 6) is -0.141. The number of nitrogens with zero attached hydrogens (tertiary/aromatic N) is 1. The van der Waals surface area contributed by atoms with Crippen LogP contribution < -0.4 is 15.4 Å². The van der Waals surface area contributed by atoms with Crippen LogP contribution in [-0.4, -0.2) is 47.3 Å². The number of aromatic nitrogens is 1. The molecule has 1 unspecified atom stereocenters. The van der Waals surface area contributed by atoms with Gasteiger partial charge in [0.25, 0.3) is 11.1 Å². The molecule has 136 valence electrons. The van der Waals surface area contributed by atoms with Gasteiger partial charge < -0.3 is 20.5 Å². The normalized spacial score (nSPS) is 13.2. The van der Waals surface area contributed by atoms with E-state index in [2.05, 4.69) is 21.7 Å². The lowest BCUT2D eigenvalue weighted by atomic mass is 10.1. The maximum atomic E-state index is 12.0. The molecule has 1 heterocycles. The number of aliphatic hydroxyl groups is 1.